The molecule has 2 nitrogen and oxygen atoms in total. The van der Waals surface area contributed by atoms with E-state index in [0.29, 0.717) is 11.8 Å². The van der Waals surface area contributed by atoms with Crippen LogP contribution < -0.4 is 5.32 Å². The van der Waals surface area contributed by atoms with Crippen molar-refractivity contribution in [3.8, 4) is 0 Å². The average Bonchev–Trinajstić information content (AvgIpc) is 2.44. The first kappa shape index (κ1) is 16.3. The van der Waals surface area contributed by atoms with Crippen LogP contribution in [0, 0.1) is 5.82 Å². The van der Waals surface area contributed by atoms with Crippen molar-refractivity contribution in [2.45, 2.75) is 56.7 Å². The molecule has 4 heteroatoms. The fourth-order valence-corrected chi connectivity index (χ4v) is 3.51. The summed E-state index contributed by atoms with van der Waals surface area (Å²) in [5.74, 6) is 1.14. The zero-order chi connectivity index (χ0) is 14.9. The molecular weight excluding hydrogens is 285 g/mol. The van der Waals surface area contributed by atoms with Gasteiger partial charge in [-0.15, -0.1) is 11.8 Å². The van der Waals surface area contributed by atoms with Crippen molar-refractivity contribution in [2.75, 3.05) is 5.75 Å². The molecule has 0 atom stereocenters. The van der Waals surface area contributed by atoms with Crippen LogP contribution in [0.5, 0.6) is 0 Å². The molecule has 116 valence electrons. The molecule has 1 aliphatic carbocycles. The second kappa shape index (κ2) is 9.08. The Labute approximate surface area is 130 Å². The second-order valence-electron chi connectivity index (χ2n) is 5.73. The SMILES string of the molecule is O=C(CSCc1ccc(F)cc1)NC1CCCCCCC1. The van der Waals surface area contributed by atoms with Gasteiger partial charge in [-0.2, -0.15) is 0 Å². The van der Waals surface area contributed by atoms with Crippen molar-refractivity contribution in [2.24, 2.45) is 0 Å². The number of rotatable bonds is 5. The van der Waals surface area contributed by atoms with E-state index >= 15 is 0 Å². The summed E-state index contributed by atoms with van der Waals surface area (Å²) in [4.78, 5) is 12.0. The van der Waals surface area contributed by atoms with Gasteiger partial charge in [-0.05, 0) is 30.5 Å². The van der Waals surface area contributed by atoms with Crippen LogP contribution >= 0.6 is 11.8 Å². The largest absolute Gasteiger partial charge is 0.353 e. The van der Waals surface area contributed by atoms with Crippen LogP contribution in [0.1, 0.15) is 50.5 Å². The van der Waals surface area contributed by atoms with Crippen LogP contribution in [0.4, 0.5) is 4.39 Å². The molecule has 21 heavy (non-hydrogen) atoms. The number of amides is 1. The molecule has 0 aromatic heterocycles. The van der Waals surface area contributed by atoms with Crippen LogP contribution in [0.25, 0.3) is 0 Å². The lowest BCUT2D eigenvalue weighted by Gasteiger charge is -2.20. The van der Waals surface area contributed by atoms with Gasteiger partial charge in [0.2, 0.25) is 5.91 Å². The minimum atomic E-state index is -0.217. The van der Waals surface area contributed by atoms with Crippen molar-refractivity contribution >= 4 is 17.7 Å². The van der Waals surface area contributed by atoms with E-state index in [4.69, 9.17) is 0 Å². The van der Waals surface area contributed by atoms with Crippen molar-refractivity contribution in [3.05, 3.63) is 35.6 Å². The summed E-state index contributed by atoms with van der Waals surface area (Å²) in [7, 11) is 0. The Morgan fingerprint density at radius 2 is 1.71 bits per heavy atom. The first-order valence-electron chi connectivity index (χ1n) is 7.85. The van der Waals surface area contributed by atoms with E-state index in [-0.39, 0.29) is 11.7 Å². The summed E-state index contributed by atoms with van der Waals surface area (Å²) in [6.07, 6.45) is 8.63. The minimum absolute atomic E-state index is 0.132. The standard InChI is InChI=1S/C17H24FNOS/c18-15-10-8-14(9-11-15)12-21-13-17(20)19-16-6-4-2-1-3-5-7-16/h8-11,16H,1-7,12-13H2,(H,19,20). The van der Waals surface area contributed by atoms with Crippen molar-refractivity contribution in [3.63, 3.8) is 0 Å². The molecule has 0 heterocycles. The van der Waals surface area contributed by atoms with Gasteiger partial charge < -0.3 is 5.32 Å². The Bertz CT molecular complexity index is 427. The van der Waals surface area contributed by atoms with Gasteiger partial charge >= 0.3 is 0 Å². The van der Waals surface area contributed by atoms with Crippen LogP contribution in [-0.4, -0.2) is 17.7 Å². The third-order valence-corrected chi connectivity index (χ3v) is 4.89. The number of benzene rings is 1. The second-order valence-corrected chi connectivity index (χ2v) is 6.71. The number of carbonyl (C=O) groups excluding carboxylic acids is 1. The van der Waals surface area contributed by atoms with E-state index in [0.717, 1.165) is 24.2 Å². The van der Waals surface area contributed by atoms with Gasteiger partial charge in [-0.3, -0.25) is 4.79 Å². The van der Waals surface area contributed by atoms with Gasteiger partial charge in [0.25, 0.3) is 0 Å². The number of halogens is 1. The van der Waals surface area contributed by atoms with E-state index in [1.807, 2.05) is 0 Å². The van der Waals surface area contributed by atoms with E-state index in [2.05, 4.69) is 5.32 Å². The fourth-order valence-electron chi connectivity index (χ4n) is 2.71. The summed E-state index contributed by atoms with van der Waals surface area (Å²) in [5.41, 5.74) is 1.06. The normalized spacial score (nSPS) is 17.0. The summed E-state index contributed by atoms with van der Waals surface area (Å²) >= 11 is 1.58. The maximum atomic E-state index is 12.8. The molecule has 0 bridgehead atoms. The molecule has 0 spiro atoms. The molecule has 1 amide bonds. The predicted molar refractivity (Wildman–Crippen MR) is 86.8 cm³/mol. The lowest BCUT2D eigenvalue weighted by Crippen LogP contribution is -2.36. The van der Waals surface area contributed by atoms with Gasteiger partial charge in [-0.1, -0.05) is 44.2 Å². The quantitative estimate of drug-likeness (QED) is 0.879. The van der Waals surface area contributed by atoms with Gasteiger partial charge in [0.1, 0.15) is 5.82 Å². The first-order chi connectivity index (χ1) is 10.2. The molecule has 1 fully saturated rings. The number of hydrogen-bond acceptors (Lipinski definition) is 2. The highest BCUT2D eigenvalue weighted by molar-refractivity contribution is 7.99. The topological polar surface area (TPSA) is 29.1 Å². The molecule has 1 N–H and O–H groups in total. The molecular formula is C17H24FNOS. The number of hydrogen-bond donors (Lipinski definition) is 1. The van der Waals surface area contributed by atoms with E-state index < -0.39 is 0 Å². The molecule has 0 radical (unpaired) electrons. The third kappa shape index (κ3) is 6.51. The van der Waals surface area contributed by atoms with Gasteiger partial charge in [0.15, 0.2) is 0 Å². The smallest absolute Gasteiger partial charge is 0.230 e. The highest BCUT2D eigenvalue weighted by Crippen LogP contribution is 2.17. The van der Waals surface area contributed by atoms with Gasteiger partial charge in [-0.25, -0.2) is 4.39 Å². The number of nitrogens with one attached hydrogen (secondary N) is 1. The first-order valence-corrected chi connectivity index (χ1v) is 9.01. The van der Waals surface area contributed by atoms with Crippen molar-refractivity contribution in [1.82, 2.24) is 5.32 Å². The average molecular weight is 309 g/mol. The Morgan fingerprint density at radius 3 is 2.38 bits per heavy atom. The molecule has 0 saturated heterocycles. The Morgan fingerprint density at radius 1 is 1.10 bits per heavy atom. The summed E-state index contributed by atoms with van der Waals surface area (Å²) in [6.45, 7) is 0. The third-order valence-electron chi connectivity index (χ3n) is 3.89. The van der Waals surface area contributed by atoms with Crippen LogP contribution in [0.15, 0.2) is 24.3 Å². The lowest BCUT2D eigenvalue weighted by molar-refractivity contribution is -0.119. The lowest BCUT2D eigenvalue weighted by atomic mass is 9.97. The number of thioether (sulfide) groups is 1. The Balaban J connectivity index is 1.65. The van der Waals surface area contributed by atoms with Crippen LogP contribution in [-0.2, 0) is 10.5 Å². The van der Waals surface area contributed by atoms with Gasteiger partial charge in [0.05, 0.1) is 5.75 Å². The van der Waals surface area contributed by atoms with E-state index in [1.165, 1.54) is 44.2 Å². The zero-order valence-corrected chi connectivity index (χ0v) is 13.3. The highest BCUT2D eigenvalue weighted by atomic mass is 32.2. The van der Waals surface area contributed by atoms with Crippen LogP contribution in [0.2, 0.25) is 0 Å². The van der Waals surface area contributed by atoms with Crippen molar-refractivity contribution in [1.29, 1.82) is 0 Å². The molecule has 0 unspecified atom stereocenters. The number of carbonyl (C=O) groups is 1. The molecule has 1 aliphatic rings. The molecule has 0 aliphatic heterocycles. The molecule has 1 aromatic carbocycles. The maximum absolute atomic E-state index is 12.8. The van der Waals surface area contributed by atoms with E-state index in [1.54, 1.807) is 23.9 Å². The minimum Gasteiger partial charge on any atom is -0.353 e. The Hall–Kier alpha value is -1.03. The highest BCUT2D eigenvalue weighted by Gasteiger charge is 2.13. The molecule has 1 aromatic rings. The zero-order valence-electron chi connectivity index (χ0n) is 12.4. The summed E-state index contributed by atoms with van der Waals surface area (Å²) in [6, 6.07) is 6.84. The summed E-state index contributed by atoms with van der Waals surface area (Å²) < 4.78 is 12.8. The Kier molecular flexibility index (Phi) is 7.07. The van der Waals surface area contributed by atoms with Gasteiger partial charge in [0, 0.05) is 11.8 Å². The maximum Gasteiger partial charge on any atom is 0.230 e. The van der Waals surface area contributed by atoms with E-state index in [9.17, 15) is 9.18 Å². The fraction of sp³-hybridized carbons (Fsp3) is 0.588. The summed E-state index contributed by atoms with van der Waals surface area (Å²) in [5, 5.41) is 3.16. The predicted octanol–water partition coefficient (Wildman–Crippen LogP) is 4.29. The molecule has 2 rings (SSSR count). The molecule has 1 saturated carbocycles. The van der Waals surface area contributed by atoms with Crippen LogP contribution in [0.3, 0.4) is 0 Å². The monoisotopic (exact) mass is 309 g/mol. The van der Waals surface area contributed by atoms with Crippen molar-refractivity contribution < 1.29 is 9.18 Å².